The maximum atomic E-state index is 13.0. The van der Waals surface area contributed by atoms with Crippen LogP contribution in [0.5, 0.6) is 0 Å². The molecule has 0 saturated carbocycles. The second-order valence-corrected chi connectivity index (χ2v) is 8.92. The molecule has 5 rings (SSSR count). The van der Waals surface area contributed by atoms with Crippen LogP contribution in [0.4, 0.5) is 17.1 Å². The lowest BCUT2D eigenvalue weighted by Crippen LogP contribution is -2.49. The second-order valence-electron chi connectivity index (χ2n) is 8.92. The van der Waals surface area contributed by atoms with E-state index in [0.717, 1.165) is 22.6 Å². The number of nitrogens with one attached hydrogen (secondary N) is 2. The molecule has 2 aliphatic rings. The van der Waals surface area contributed by atoms with Crippen LogP contribution in [-0.4, -0.2) is 43.9 Å². The number of para-hydroxylation sites is 2. The van der Waals surface area contributed by atoms with E-state index in [0.29, 0.717) is 6.42 Å². The Balaban J connectivity index is 1.49. The van der Waals surface area contributed by atoms with Gasteiger partial charge in [-0.05, 0) is 54.5 Å². The summed E-state index contributed by atoms with van der Waals surface area (Å²) in [4.78, 5) is 25.7. The Bertz CT molecular complexity index is 1340. The fourth-order valence-electron chi connectivity index (χ4n) is 4.93. The van der Waals surface area contributed by atoms with Crippen LogP contribution >= 0.6 is 0 Å². The number of esters is 2. The predicted molar refractivity (Wildman–Crippen MR) is 142 cm³/mol. The van der Waals surface area contributed by atoms with Gasteiger partial charge in [0.15, 0.2) is 0 Å². The van der Waals surface area contributed by atoms with Gasteiger partial charge in [-0.25, -0.2) is 9.59 Å². The van der Waals surface area contributed by atoms with Crippen LogP contribution < -0.4 is 10.6 Å². The first-order valence-corrected chi connectivity index (χ1v) is 12.0. The quantitative estimate of drug-likeness (QED) is 0.325. The zero-order valence-corrected chi connectivity index (χ0v) is 20.6. The molecule has 0 saturated heterocycles. The minimum Gasteiger partial charge on any atom is -0.466 e. The van der Waals surface area contributed by atoms with Crippen LogP contribution in [0.2, 0.25) is 0 Å². The first-order chi connectivity index (χ1) is 18.0. The standard InChI is InChI=1S/C30H28N2O5/c1-35-28(33)26-24-17-18-30(37-24,27(26)29(34)36-2)25(32-22-11-7-4-8-12-22)19-20-13-15-23(16-14-20)31-21-9-5-3-6-10-21/h3-18,24-25,31-32H,19H2,1-2H3. The van der Waals surface area contributed by atoms with Gasteiger partial charge < -0.3 is 24.8 Å². The summed E-state index contributed by atoms with van der Waals surface area (Å²) in [6, 6.07) is 27.3. The Hall–Kier alpha value is -4.36. The van der Waals surface area contributed by atoms with E-state index in [9.17, 15) is 9.59 Å². The molecule has 2 aliphatic heterocycles. The van der Waals surface area contributed by atoms with Gasteiger partial charge in [-0.15, -0.1) is 0 Å². The molecule has 2 N–H and O–H groups in total. The monoisotopic (exact) mass is 496 g/mol. The average molecular weight is 497 g/mol. The first kappa shape index (κ1) is 24.3. The Morgan fingerprint density at radius 1 is 0.838 bits per heavy atom. The van der Waals surface area contributed by atoms with Gasteiger partial charge in [-0.1, -0.05) is 54.6 Å². The van der Waals surface area contributed by atoms with Gasteiger partial charge in [0.1, 0.15) is 11.7 Å². The van der Waals surface area contributed by atoms with Gasteiger partial charge in [0.05, 0.1) is 31.4 Å². The van der Waals surface area contributed by atoms with E-state index in [1.807, 2.05) is 91.0 Å². The molecule has 3 aromatic rings. The van der Waals surface area contributed by atoms with Crippen LogP contribution in [-0.2, 0) is 30.2 Å². The van der Waals surface area contributed by atoms with Gasteiger partial charge >= 0.3 is 11.9 Å². The van der Waals surface area contributed by atoms with Gasteiger partial charge in [0.2, 0.25) is 0 Å². The lowest BCUT2D eigenvalue weighted by molar-refractivity contribution is -0.139. The van der Waals surface area contributed by atoms with Crippen molar-refractivity contribution in [3.8, 4) is 0 Å². The van der Waals surface area contributed by atoms with Crippen molar-refractivity contribution in [2.75, 3.05) is 24.9 Å². The van der Waals surface area contributed by atoms with Gasteiger partial charge in [-0.2, -0.15) is 0 Å². The van der Waals surface area contributed by atoms with Crippen molar-refractivity contribution >= 4 is 29.0 Å². The highest BCUT2D eigenvalue weighted by Crippen LogP contribution is 2.47. The summed E-state index contributed by atoms with van der Waals surface area (Å²) in [5.41, 5.74) is 2.99. The van der Waals surface area contributed by atoms with Crippen molar-refractivity contribution in [3.05, 3.63) is 114 Å². The molecule has 3 unspecified atom stereocenters. The van der Waals surface area contributed by atoms with E-state index in [1.54, 1.807) is 6.08 Å². The van der Waals surface area contributed by atoms with E-state index in [1.165, 1.54) is 14.2 Å². The third-order valence-corrected chi connectivity index (χ3v) is 6.67. The maximum Gasteiger partial charge on any atom is 0.337 e. The van der Waals surface area contributed by atoms with Crippen molar-refractivity contribution in [2.45, 2.75) is 24.2 Å². The second kappa shape index (κ2) is 10.3. The van der Waals surface area contributed by atoms with E-state index in [-0.39, 0.29) is 11.1 Å². The molecule has 37 heavy (non-hydrogen) atoms. The van der Waals surface area contributed by atoms with Crippen LogP contribution in [0.15, 0.2) is 108 Å². The fraction of sp³-hybridized carbons (Fsp3) is 0.200. The number of carbonyl (C=O) groups is 2. The highest BCUT2D eigenvalue weighted by Gasteiger charge is 2.58. The van der Waals surface area contributed by atoms with Crippen molar-refractivity contribution < 1.29 is 23.8 Å². The molecular formula is C30H28N2O5. The Morgan fingerprint density at radius 3 is 2.05 bits per heavy atom. The Morgan fingerprint density at radius 2 is 1.43 bits per heavy atom. The molecule has 2 bridgehead atoms. The van der Waals surface area contributed by atoms with Crippen LogP contribution in [0.1, 0.15) is 5.56 Å². The summed E-state index contributed by atoms with van der Waals surface area (Å²) in [5.74, 6) is -1.22. The highest BCUT2D eigenvalue weighted by atomic mass is 16.6. The average Bonchev–Trinajstić information content (AvgIpc) is 3.52. The largest absolute Gasteiger partial charge is 0.466 e. The minimum absolute atomic E-state index is 0.171. The molecule has 0 aliphatic carbocycles. The molecule has 0 amide bonds. The van der Waals surface area contributed by atoms with E-state index >= 15 is 0 Å². The predicted octanol–water partition coefficient (Wildman–Crippen LogP) is 4.80. The summed E-state index contributed by atoms with van der Waals surface area (Å²) >= 11 is 0. The van der Waals surface area contributed by atoms with Gasteiger partial charge in [0, 0.05) is 17.1 Å². The number of anilines is 3. The molecule has 0 spiro atoms. The van der Waals surface area contributed by atoms with Crippen LogP contribution in [0.25, 0.3) is 0 Å². The Kier molecular flexibility index (Phi) is 6.79. The van der Waals surface area contributed by atoms with E-state index < -0.39 is 29.7 Å². The fourth-order valence-corrected chi connectivity index (χ4v) is 4.93. The molecule has 3 aromatic carbocycles. The molecule has 7 heteroatoms. The number of carbonyl (C=O) groups excluding carboxylic acids is 2. The SMILES string of the molecule is COC(=O)C1=C(C(=O)OC)C2(C(Cc3ccc(Nc4ccccc4)cc3)Nc3ccccc3)C=CC1O2. The number of hydrogen-bond acceptors (Lipinski definition) is 7. The van der Waals surface area contributed by atoms with E-state index in [4.69, 9.17) is 14.2 Å². The Labute approximate surface area is 215 Å². The summed E-state index contributed by atoms with van der Waals surface area (Å²) < 4.78 is 16.5. The summed E-state index contributed by atoms with van der Waals surface area (Å²) in [6.07, 6.45) is 3.47. The van der Waals surface area contributed by atoms with Gasteiger partial charge in [0.25, 0.3) is 0 Å². The van der Waals surface area contributed by atoms with Crippen LogP contribution in [0.3, 0.4) is 0 Å². The van der Waals surface area contributed by atoms with Crippen molar-refractivity contribution in [3.63, 3.8) is 0 Å². The third kappa shape index (κ3) is 4.73. The lowest BCUT2D eigenvalue weighted by atomic mass is 9.79. The molecule has 3 atom stereocenters. The molecule has 188 valence electrons. The summed E-state index contributed by atoms with van der Waals surface area (Å²) in [6.45, 7) is 0. The summed E-state index contributed by atoms with van der Waals surface area (Å²) in [7, 11) is 2.59. The number of benzene rings is 3. The van der Waals surface area contributed by atoms with Crippen molar-refractivity contribution in [1.82, 2.24) is 0 Å². The number of hydrogen-bond donors (Lipinski definition) is 2. The van der Waals surface area contributed by atoms with Gasteiger partial charge in [-0.3, -0.25) is 0 Å². The molecular weight excluding hydrogens is 468 g/mol. The highest BCUT2D eigenvalue weighted by molar-refractivity contribution is 6.05. The number of methoxy groups -OCH3 is 2. The number of rotatable bonds is 9. The van der Waals surface area contributed by atoms with Crippen LogP contribution in [0, 0.1) is 0 Å². The summed E-state index contributed by atoms with van der Waals surface area (Å²) in [5, 5.41) is 6.93. The van der Waals surface area contributed by atoms with E-state index in [2.05, 4.69) is 10.6 Å². The molecule has 7 nitrogen and oxygen atoms in total. The molecule has 2 heterocycles. The maximum absolute atomic E-state index is 13.0. The van der Waals surface area contributed by atoms with Crippen molar-refractivity contribution in [1.29, 1.82) is 0 Å². The molecule has 0 aromatic heterocycles. The molecule has 0 fully saturated rings. The minimum atomic E-state index is -1.21. The lowest BCUT2D eigenvalue weighted by Gasteiger charge is -2.36. The van der Waals surface area contributed by atoms with Crippen molar-refractivity contribution in [2.24, 2.45) is 0 Å². The first-order valence-electron chi connectivity index (χ1n) is 12.0. The smallest absolute Gasteiger partial charge is 0.337 e. The topological polar surface area (TPSA) is 85.9 Å². The number of ether oxygens (including phenoxy) is 3. The normalized spacial score (nSPS) is 20.4. The zero-order valence-electron chi connectivity index (χ0n) is 20.6. The third-order valence-electron chi connectivity index (χ3n) is 6.67. The zero-order chi connectivity index (χ0) is 25.8. The molecule has 0 radical (unpaired) electrons. The number of fused-ring (bicyclic) bond motifs is 2.